The van der Waals surface area contributed by atoms with Gasteiger partial charge in [0.1, 0.15) is 0 Å². The van der Waals surface area contributed by atoms with Gasteiger partial charge in [0.25, 0.3) is 0 Å². The minimum atomic E-state index is -0.311. The summed E-state index contributed by atoms with van der Waals surface area (Å²) < 4.78 is 0. The Bertz CT molecular complexity index is 1080. The minimum absolute atomic E-state index is 0.196. The number of piperazine rings is 1. The molecule has 2 aromatic rings. The van der Waals surface area contributed by atoms with Crippen molar-refractivity contribution in [2.24, 2.45) is 0 Å². The summed E-state index contributed by atoms with van der Waals surface area (Å²) in [5.74, 6) is 0.370. The molecule has 1 heterocycles. The van der Waals surface area contributed by atoms with Gasteiger partial charge in [-0.2, -0.15) is 0 Å². The lowest BCUT2D eigenvalue weighted by molar-refractivity contribution is -0.131. The number of nitrogens with one attached hydrogen (secondary N) is 2. The first-order valence-corrected chi connectivity index (χ1v) is 12.8. The monoisotopic (exact) mass is 512 g/mol. The van der Waals surface area contributed by atoms with Crippen LogP contribution in [0.25, 0.3) is 6.08 Å². The lowest BCUT2D eigenvalue weighted by Crippen LogP contribution is -2.48. The van der Waals surface area contributed by atoms with Crippen LogP contribution in [0, 0.1) is 0 Å². The van der Waals surface area contributed by atoms with Crippen LogP contribution in [0.1, 0.15) is 50.7 Å². The van der Waals surface area contributed by atoms with Gasteiger partial charge in [-0.25, -0.2) is 0 Å². The molecule has 2 N–H and O–H groups in total. The van der Waals surface area contributed by atoms with Crippen molar-refractivity contribution in [3.8, 4) is 0 Å². The van der Waals surface area contributed by atoms with E-state index in [4.69, 9.17) is 23.8 Å². The Kier molecular flexibility index (Phi) is 9.69. The first-order valence-electron chi connectivity index (χ1n) is 12.0. The molecule has 6 nitrogen and oxygen atoms in total. The molecule has 0 bridgehead atoms. The average Bonchev–Trinajstić information content (AvgIpc) is 2.83. The molecule has 2 amide bonds. The van der Waals surface area contributed by atoms with E-state index in [2.05, 4.69) is 41.5 Å². The fourth-order valence-corrected chi connectivity index (χ4v) is 4.41. The van der Waals surface area contributed by atoms with Crippen molar-refractivity contribution in [2.75, 3.05) is 36.4 Å². The quantitative estimate of drug-likeness (QED) is 0.382. The van der Waals surface area contributed by atoms with E-state index in [1.54, 1.807) is 12.1 Å². The predicted octanol–water partition coefficient (Wildman–Crippen LogP) is 5.44. The van der Waals surface area contributed by atoms with Gasteiger partial charge in [0.05, 0.1) is 10.7 Å². The molecule has 0 radical (unpaired) electrons. The first kappa shape index (κ1) is 26.7. The number of amides is 2. The highest BCUT2D eigenvalue weighted by molar-refractivity contribution is 7.80. The Morgan fingerprint density at radius 2 is 1.77 bits per heavy atom. The number of nitrogens with zero attached hydrogens (tertiary/aromatic N) is 2. The van der Waals surface area contributed by atoms with Crippen LogP contribution in [0.4, 0.5) is 11.4 Å². The van der Waals surface area contributed by atoms with Gasteiger partial charge in [-0.1, -0.05) is 56.6 Å². The molecule has 0 atom stereocenters. The second-order valence-corrected chi connectivity index (χ2v) is 9.70. The number of hydrogen-bond acceptors (Lipinski definition) is 4. The molecule has 2 aromatic carbocycles. The van der Waals surface area contributed by atoms with Crippen LogP contribution >= 0.6 is 23.8 Å². The Morgan fingerprint density at radius 1 is 1.09 bits per heavy atom. The molecule has 0 saturated carbocycles. The Labute approximate surface area is 218 Å². The fourth-order valence-electron chi connectivity index (χ4n) is 3.89. The summed E-state index contributed by atoms with van der Waals surface area (Å²) in [5, 5.41) is 6.44. The van der Waals surface area contributed by atoms with Gasteiger partial charge in [0.2, 0.25) is 11.8 Å². The highest BCUT2D eigenvalue weighted by atomic mass is 35.5. The molecule has 1 fully saturated rings. The molecule has 0 aliphatic carbocycles. The molecular formula is C27H33ClN4O2S. The van der Waals surface area contributed by atoms with Gasteiger partial charge in [-0.15, -0.1) is 0 Å². The molecule has 1 saturated heterocycles. The van der Waals surface area contributed by atoms with Gasteiger partial charge < -0.3 is 15.1 Å². The van der Waals surface area contributed by atoms with Crippen molar-refractivity contribution >= 4 is 58.2 Å². The zero-order valence-corrected chi connectivity index (χ0v) is 22.1. The summed E-state index contributed by atoms with van der Waals surface area (Å²) in [7, 11) is 0. The summed E-state index contributed by atoms with van der Waals surface area (Å²) in [6.45, 7) is 9.18. The number of thiocarbonyl (C=S) groups is 1. The summed E-state index contributed by atoms with van der Waals surface area (Å²) in [6, 6.07) is 13.7. The van der Waals surface area contributed by atoms with Crippen LogP contribution in [-0.4, -0.2) is 48.0 Å². The molecule has 1 aliphatic rings. The number of carbonyl (C=O) groups is 2. The van der Waals surface area contributed by atoms with Crippen molar-refractivity contribution < 1.29 is 9.59 Å². The number of halogens is 1. The van der Waals surface area contributed by atoms with Crippen LogP contribution in [-0.2, 0) is 9.59 Å². The molecule has 0 spiro atoms. The van der Waals surface area contributed by atoms with E-state index in [1.165, 1.54) is 11.6 Å². The van der Waals surface area contributed by atoms with Crippen molar-refractivity contribution in [2.45, 2.75) is 39.5 Å². The normalized spacial score (nSPS) is 13.9. The highest BCUT2D eigenvalue weighted by Gasteiger charge is 2.22. The van der Waals surface area contributed by atoms with Gasteiger partial charge in [0.15, 0.2) is 5.11 Å². The number of anilines is 2. The first-order chi connectivity index (χ1) is 16.8. The second-order valence-electron chi connectivity index (χ2n) is 8.88. The van der Waals surface area contributed by atoms with Crippen molar-refractivity contribution in [1.82, 2.24) is 10.2 Å². The summed E-state index contributed by atoms with van der Waals surface area (Å²) in [5.41, 5.74) is 3.81. The van der Waals surface area contributed by atoms with E-state index >= 15 is 0 Å². The Hall–Kier alpha value is -2.90. The van der Waals surface area contributed by atoms with Crippen molar-refractivity contribution in [3.63, 3.8) is 0 Å². The molecule has 35 heavy (non-hydrogen) atoms. The van der Waals surface area contributed by atoms with Gasteiger partial charge in [0, 0.05) is 44.4 Å². The molecule has 186 valence electrons. The topological polar surface area (TPSA) is 64.7 Å². The smallest absolute Gasteiger partial charge is 0.250 e. The zero-order valence-electron chi connectivity index (χ0n) is 20.5. The van der Waals surface area contributed by atoms with Crippen LogP contribution in [0.2, 0.25) is 5.02 Å². The molecular weight excluding hydrogens is 480 g/mol. The SMILES string of the molecule is CCCC(=O)N1CCN(c2ccc(NC(=S)NC(=O)/C=C/c3ccc(C(C)C)cc3)cc2Cl)CC1. The zero-order chi connectivity index (χ0) is 25.4. The van der Waals surface area contributed by atoms with Crippen molar-refractivity contribution in [3.05, 3.63) is 64.7 Å². The molecule has 0 unspecified atom stereocenters. The number of carbonyl (C=O) groups excluding carboxylic acids is 2. The van der Waals surface area contributed by atoms with E-state index in [1.807, 2.05) is 36.1 Å². The number of benzene rings is 2. The van der Waals surface area contributed by atoms with Crippen LogP contribution in [0.3, 0.4) is 0 Å². The van der Waals surface area contributed by atoms with Gasteiger partial charge in [-0.05, 0) is 60.0 Å². The second kappa shape index (κ2) is 12.7. The third-order valence-corrected chi connectivity index (χ3v) is 6.42. The predicted molar refractivity (Wildman–Crippen MR) is 149 cm³/mol. The molecule has 8 heteroatoms. The highest BCUT2D eigenvalue weighted by Crippen LogP contribution is 2.29. The summed E-state index contributed by atoms with van der Waals surface area (Å²) in [4.78, 5) is 28.5. The lowest BCUT2D eigenvalue weighted by Gasteiger charge is -2.36. The minimum Gasteiger partial charge on any atom is -0.367 e. The van der Waals surface area contributed by atoms with Gasteiger partial charge in [-0.3, -0.25) is 14.9 Å². The molecule has 3 rings (SSSR count). The van der Waals surface area contributed by atoms with E-state index < -0.39 is 0 Å². The Balaban J connectivity index is 1.50. The maximum Gasteiger partial charge on any atom is 0.250 e. The fraction of sp³-hybridized carbons (Fsp3) is 0.370. The largest absolute Gasteiger partial charge is 0.367 e. The summed E-state index contributed by atoms with van der Waals surface area (Å²) >= 11 is 11.8. The third kappa shape index (κ3) is 7.80. The average molecular weight is 513 g/mol. The van der Waals surface area contributed by atoms with Crippen LogP contribution < -0.4 is 15.5 Å². The lowest BCUT2D eigenvalue weighted by atomic mass is 10.0. The maximum atomic E-state index is 12.2. The molecule has 1 aliphatic heterocycles. The third-order valence-electron chi connectivity index (χ3n) is 5.91. The van der Waals surface area contributed by atoms with Gasteiger partial charge >= 0.3 is 0 Å². The molecule has 0 aromatic heterocycles. The number of rotatable bonds is 7. The van der Waals surface area contributed by atoms with E-state index in [0.717, 1.165) is 30.8 Å². The summed E-state index contributed by atoms with van der Waals surface area (Å²) in [6.07, 6.45) is 4.67. The van der Waals surface area contributed by atoms with Crippen LogP contribution in [0.5, 0.6) is 0 Å². The van der Waals surface area contributed by atoms with Crippen molar-refractivity contribution in [1.29, 1.82) is 0 Å². The Morgan fingerprint density at radius 3 is 2.37 bits per heavy atom. The van der Waals surface area contributed by atoms with E-state index in [9.17, 15) is 9.59 Å². The standard InChI is InChI=1S/C27H33ClN4O2S/c1-4-5-26(34)32-16-14-31(15-17-32)24-12-11-22(18-23(24)28)29-27(35)30-25(33)13-8-20-6-9-21(10-7-20)19(2)3/h6-13,18-19H,4-5,14-17H2,1-3H3,(H2,29,30,33,35)/b13-8+. The van der Waals surface area contributed by atoms with Crippen LogP contribution in [0.15, 0.2) is 48.5 Å². The number of hydrogen-bond donors (Lipinski definition) is 2. The van der Waals surface area contributed by atoms with E-state index in [-0.39, 0.29) is 16.9 Å². The van der Waals surface area contributed by atoms with E-state index in [0.29, 0.717) is 36.1 Å². The maximum absolute atomic E-state index is 12.2.